The average molecular weight is 330 g/mol. The van der Waals surface area contributed by atoms with Crippen molar-refractivity contribution >= 4 is 11.8 Å². The molecule has 0 unspecified atom stereocenters. The lowest BCUT2D eigenvalue weighted by molar-refractivity contribution is -0.121. The number of ether oxygens (including phenoxy) is 1. The summed E-state index contributed by atoms with van der Waals surface area (Å²) in [5.41, 5.74) is 2.10. The molecule has 2 aromatic rings. The first-order valence-corrected chi connectivity index (χ1v) is 7.85. The molecule has 128 valence electrons. The maximum Gasteiger partial charge on any atom is 0.286 e. The highest BCUT2D eigenvalue weighted by molar-refractivity contribution is 5.91. The summed E-state index contributed by atoms with van der Waals surface area (Å²) < 4.78 is 10.1. The third kappa shape index (κ3) is 5.55. The van der Waals surface area contributed by atoms with Crippen LogP contribution in [-0.4, -0.2) is 25.5 Å². The van der Waals surface area contributed by atoms with Gasteiger partial charge in [0.05, 0.1) is 12.9 Å². The lowest BCUT2D eigenvalue weighted by Crippen LogP contribution is -2.27. The molecule has 6 nitrogen and oxygen atoms in total. The summed E-state index contributed by atoms with van der Waals surface area (Å²) in [5.74, 6) is -0.0439. The maximum atomic E-state index is 11.9. The zero-order valence-corrected chi connectivity index (χ0v) is 13.7. The number of hydrogen-bond donors (Lipinski definition) is 2. The zero-order valence-electron chi connectivity index (χ0n) is 13.7. The van der Waals surface area contributed by atoms with Gasteiger partial charge in [-0.15, -0.1) is 0 Å². The highest BCUT2D eigenvalue weighted by atomic mass is 16.5. The summed E-state index contributed by atoms with van der Waals surface area (Å²) in [6.45, 7) is 1.41. The van der Waals surface area contributed by atoms with E-state index in [1.807, 2.05) is 24.3 Å². The van der Waals surface area contributed by atoms with Crippen molar-refractivity contribution in [1.29, 1.82) is 0 Å². The Balaban J connectivity index is 1.66. The largest absolute Gasteiger partial charge is 0.459 e. The third-order valence-electron chi connectivity index (χ3n) is 3.51. The van der Waals surface area contributed by atoms with Gasteiger partial charge in [0.2, 0.25) is 5.91 Å². The molecule has 0 spiro atoms. The predicted molar refractivity (Wildman–Crippen MR) is 89.3 cm³/mol. The molecule has 0 atom stereocenters. The van der Waals surface area contributed by atoms with E-state index in [1.54, 1.807) is 19.2 Å². The molecule has 0 aliphatic carbocycles. The van der Waals surface area contributed by atoms with Crippen LogP contribution in [0.25, 0.3) is 0 Å². The third-order valence-corrected chi connectivity index (χ3v) is 3.51. The van der Waals surface area contributed by atoms with Gasteiger partial charge in [0, 0.05) is 26.6 Å². The van der Waals surface area contributed by atoms with Gasteiger partial charge in [0.15, 0.2) is 5.76 Å². The number of methoxy groups -OCH3 is 1. The summed E-state index contributed by atoms with van der Waals surface area (Å²) in [5, 5.41) is 5.60. The Labute approximate surface area is 141 Å². The molecule has 0 saturated heterocycles. The summed E-state index contributed by atoms with van der Waals surface area (Å²) in [6.07, 6.45) is 2.37. The molecule has 1 aromatic carbocycles. The second kappa shape index (κ2) is 9.52. The van der Waals surface area contributed by atoms with Crippen LogP contribution in [0.1, 0.15) is 34.5 Å². The smallest absolute Gasteiger partial charge is 0.286 e. The Kier molecular flexibility index (Phi) is 7.04. The highest BCUT2D eigenvalue weighted by Crippen LogP contribution is 2.09. The van der Waals surface area contributed by atoms with Gasteiger partial charge in [-0.25, -0.2) is 0 Å². The fourth-order valence-corrected chi connectivity index (χ4v) is 2.25. The minimum Gasteiger partial charge on any atom is -0.459 e. The Hall–Kier alpha value is -2.60. The van der Waals surface area contributed by atoms with Gasteiger partial charge in [-0.2, -0.15) is 0 Å². The second-order valence-electron chi connectivity index (χ2n) is 5.32. The van der Waals surface area contributed by atoms with Crippen molar-refractivity contribution in [2.24, 2.45) is 0 Å². The van der Waals surface area contributed by atoms with E-state index >= 15 is 0 Å². The van der Waals surface area contributed by atoms with Gasteiger partial charge < -0.3 is 19.8 Å². The van der Waals surface area contributed by atoms with E-state index in [4.69, 9.17) is 9.15 Å². The minimum absolute atomic E-state index is 0.0468. The van der Waals surface area contributed by atoms with Gasteiger partial charge in [-0.1, -0.05) is 24.3 Å². The molecule has 2 amide bonds. The number of carbonyl (C=O) groups excluding carboxylic acids is 2. The lowest BCUT2D eigenvalue weighted by atomic mass is 10.1. The molecule has 24 heavy (non-hydrogen) atoms. The zero-order chi connectivity index (χ0) is 17.2. The van der Waals surface area contributed by atoms with E-state index in [0.29, 0.717) is 32.5 Å². The van der Waals surface area contributed by atoms with Gasteiger partial charge in [0.1, 0.15) is 0 Å². The number of rotatable bonds is 9. The van der Waals surface area contributed by atoms with E-state index < -0.39 is 0 Å². The first-order chi connectivity index (χ1) is 11.7. The van der Waals surface area contributed by atoms with E-state index in [9.17, 15) is 9.59 Å². The molecule has 1 aromatic heterocycles. The molecule has 0 saturated carbocycles. The fourth-order valence-electron chi connectivity index (χ4n) is 2.25. The molecule has 6 heteroatoms. The van der Waals surface area contributed by atoms with E-state index in [-0.39, 0.29) is 17.6 Å². The van der Waals surface area contributed by atoms with Gasteiger partial charge >= 0.3 is 0 Å². The van der Waals surface area contributed by atoms with Crippen LogP contribution in [0.5, 0.6) is 0 Å². The first kappa shape index (κ1) is 17.7. The van der Waals surface area contributed by atoms with Crippen molar-refractivity contribution in [1.82, 2.24) is 10.6 Å². The summed E-state index contributed by atoms with van der Waals surface area (Å²) >= 11 is 0. The lowest BCUT2D eigenvalue weighted by Gasteiger charge is -2.10. The highest BCUT2D eigenvalue weighted by Gasteiger charge is 2.08. The van der Waals surface area contributed by atoms with Crippen LogP contribution in [0.15, 0.2) is 47.1 Å². The van der Waals surface area contributed by atoms with Crippen LogP contribution in [0, 0.1) is 0 Å². The molecule has 2 N–H and O–H groups in total. The van der Waals surface area contributed by atoms with Crippen LogP contribution in [-0.2, 0) is 22.7 Å². The summed E-state index contributed by atoms with van der Waals surface area (Å²) in [7, 11) is 1.65. The molecule has 2 rings (SSSR count). The number of furan rings is 1. The van der Waals surface area contributed by atoms with Crippen LogP contribution >= 0.6 is 0 Å². The van der Waals surface area contributed by atoms with Crippen LogP contribution < -0.4 is 10.6 Å². The minimum atomic E-state index is -0.270. The van der Waals surface area contributed by atoms with Crippen LogP contribution in [0.4, 0.5) is 0 Å². The van der Waals surface area contributed by atoms with Gasteiger partial charge in [-0.05, 0) is 29.7 Å². The Morgan fingerprint density at radius 1 is 1.08 bits per heavy atom. The number of carbonyl (C=O) groups is 2. The average Bonchev–Trinajstić information content (AvgIpc) is 3.13. The Morgan fingerprint density at radius 3 is 2.58 bits per heavy atom. The van der Waals surface area contributed by atoms with Crippen molar-refractivity contribution in [2.45, 2.75) is 26.0 Å². The van der Waals surface area contributed by atoms with E-state index in [1.165, 1.54) is 6.26 Å². The Morgan fingerprint density at radius 2 is 1.88 bits per heavy atom. The van der Waals surface area contributed by atoms with Gasteiger partial charge in [0.25, 0.3) is 5.91 Å². The SMILES string of the molecule is COCc1ccccc1CNC(=O)CCCNC(=O)c1ccco1. The second-order valence-corrected chi connectivity index (χ2v) is 5.32. The van der Waals surface area contributed by atoms with Crippen molar-refractivity contribution in [3.05, 3.63) is 59.5 Å². The van der Waals surface area contributed by atoms with Gasteiger partial charge in [-0.3, -0.25) is 9.59 Å². The van der Waals surface area contributed by atoms with Crippen molar-refractivity contribution in [3.63, 3.8) is 0 Å². The molecule has 0 aliphatic heterocycles. The van der Waals surface area contributed by atoms with E-state index in [0.717, 1.165) is 11.1 Å². The molecule has 0 aliphatic rings. The first-order valence-electron chi connectivity index (χ1n) is 7.85. The molecular weight excluding hydrogens is 308 g/mol. The normalized spacial score (nSPS) is 10.4. The predicted octanol–water partition coefficient (Wildman–Crippen LogP) is 2.25. The van der Waals surface area contributed by atoms with Crippen molar-refractivity contribution < 1.29 is 18.7 Å². The van der Waals surface area contributed by atoms with Crippen LogP contribution in [0.3, 0.4) is 0 Å². The molecular formula is C18H22N2O4. The summed E-state index contributed by atoms with van der Waals surface area (Å²) in [4.78, 5) is 23.5. The standard InChI is InChI=1S/C18H22N2O4/c1-23-13-15-7-3-2-6-14(15)12-20-17(21)9-4-10-19-18(22)16-8-5-11-24-16/h2-3,5-8,11H,4,9-10,12-13H2,1H3,(H,19,22)(H,20,21). The molecule has 0 radical (unpaired) electrons. The molecule has 0 bridgehead atoms. The molecule has 1 heterocycles. The maximum absolute atomic E-state index is 11.9. The number of hydrogen-bond acceptors (Lipinski definition) is 4. The van der Waals surface area contributed by atoms with Crippen molar-refractivity contribution in [3.8, 4) is 0 Å². The summed E-state index contributed by atoms with van der Waals surface area (Å²) in [6, 6.07) is 11.1. The van der Waals surface area contributed by atoms with E-state index in [2.05, 4.69) is 10.6 Å². The van der Waals surface area contributed by atoms with Crippen molar-refractivity contribution in [2.75, 3.05) is 13.7 Å². The number of nitrogens with one attached hydrogen (secondary N) is 2. The van der Waals surface area contributed by atoms with Crippen LogP contribution in [0.2, 0.25) is 0 Å². The quantitative estimate of drug-likeness (QED) is 0.691. The monoisotopic (exact) mass is 330 g/mol. The fraction of sp³-hybridized carbons (Fsp3) is 0.333. The number of benzene rings is 1. The Bertz CT molecular complexity index is 653. The topological polar surface area (TPSA) is 80.6 Å². The number of amides is 2. The molecule has 0 fully saturated rings.